The summed E-state index contributed by atoms with van der Waals surface area (Å²) in [6, 6.07) is -0.476. The van der Waals surface area contributed by atoms with Crippen molar-refractivity contribution >= 4 is 11.8 Å². The lowest BCUT2D eigenvalue weighted by molar-refractivity contribution is -0.127. The van der Waals surface area contributed by atoms with E-state index in [1.54, 1.807) is 14.0 Å². The lowest BCUT2D eigenvalue weighted by Crippen LogP contribution is -2.47. The lowest BCUT2D eigenvalue weighted by Gasteiger charge is -2.21. The molecular formula is C16H33N3O5. The topological polar surface area (TPSA) is 109 Å². The molecule has 8 nitrogen and oxygen atoms in total. The highest BCUT2D eigenvalue weighted by Crippen LogP contribution is 2.06. The average Bonchev–Trinajstić information content (AvgIpc) is 2.57. The van der Waals surface area contributed by atoms with Gasteiger partial charge in [-0.15, -0.1) is 0 Å². The van der Waals surface area contributed by atoms with Gasteiger partial charge in [0.2, 0.25) is 11.8 Å². The van der Waals surface area contributed by atoms with Gasteiger partial charge in [-0.25, -0.2) is 0 Å². The number of aliphatic hydroxyl groups excluding tert-OH is 1. The standard InChI is InChI=1S/C16H33N3O5/c1-5-12(2)15(17-4)16(22)18-6-7-23-8-9-24-11-14(21)19-13(3)10-20/h12-13,15,17,20H,5-11H2,1-4H3,(H,18,22)(H,19,21). The number of carbonyl (C=O) groups excluding carboxylic acids is 2. The van der Waals surface area contributed by atoms with Gasteiger partial charge in [0.05, 0.1) is 32.5 Å². The lowest BCUT2D eigenvalue weighted by atomic mass is 9.99. The third-order valence-electron chi connectivity index (χ3n) is 3.64. The first-order chi connectivity index (χ1) is 11.5. The molecule has 0 aromatic carbocycles. The Bertz CT molecular complexity index is 355. The predicted octanol–water partition coefficient (Wildman–Crippen LogP) is -0.733. The Labute approximate surface area is 144 Å². The highest BCUT2D eigenvalue weighted by atomic mass is 16.5. The number of aliphatic hydroxyl groups is 1. The molecule has 0 aliphatic heterocycles. The summed E-state index contributed by atoms with van der Waals surface area (Å²) in [5.41, 5.74) is 0. The van der Waals surface area contributed by atoms with E-state index >= 15 is 0 Å². The second kappa shape index (κ2) is 14.2. The van der Waals surface area contributed by atoms with Gasteiger partial charge in [0, 0.05) is 12.6 Å². The Balaban J connectivity index is 3.60. The first-order valence-corrected chi connectivity index (χ1v) is 8.46. The molecule has 0 rings (SSSR count). The number of nitrogens with one attached hydrogen (secondary N) is 3. The van der Waals surface area contributed by atoms with Crippen molar-refractivity contribution < 1.29 is 24.2 Å². The predicted molar refractivity (Wildman–Crippen MR) is 91.6 cm³/mol. The van der Waals surface area contributed by atoms with Crippen LogP contribution in [0.15, 0.2) is 0 Å². The van der Waals surface area contributed by atoms with Crippen LogP contribution in [0.25, 0.3) is 0 Å². The fourth-order valence-electron chi connectivity index (χ4n) is 2.01. The van der Waals surface area contributed by atoms with Crippen LogP contribution in [0.1, 0.15) is 27.2 Å². The van der Waals surface area contributed by atoms with Crippen molar-refractivity contribution in [1.82, 2.24) is 16.0 Å². The molecule has 0 aromatic heterocycles. The molecule has 0 bridgehead atoms. The molecule has 0 fully saturated rings. The van der Waals surface area contributed by atoms with E-state index in [-0.39, 0.29) is 43.0 Å². The molecule has 24 heavy (non-hydrogen) atoms. The first-order valence-electron chi connectivity index (χ1n) is 8.46. The number of rotatable bonds is 14. The molecule has 0 radical (unpaired) electrons. The van der Waals surface area contributed by atoms with Crippen LogP contribution < -0.4 is 16.0 Å². The highest BCUT2D eigenvalue weighted by molar-refractivity contribution is 5.82. The van der Waals surface area contributed by atoms with E-state index in [1.807, 2.05) is 6.92 Å². The molecule has 0 aliphatic carbocycles. The van der Waals surface area contributed by atoms with Gasteiger partial charge < -0.3 is 30.5 Å². The zero-order valence-electron chi connectivity index (χ0n) is 15.3. The minimum Gasteiger partial charge on any atom is -0.394 e. The molecule has 8 heteroatoms. The SMILES string of the molecule is CCC(C)C(NC)C(=O)NCCOCCOCC(=O)NC(C)CO. The maximum Gasteiger partial charge on any atom is 0.246 e. The second-order valence-corrected chi connectivity index (χ2v) is 5.76. The minimum absolute atomic E-state index is 0.0265. The van der Waals surface area contributed by atoms with Crippen molar-refractivity contribution in [2.24, 2.45) is 5.92 Å². The van der Waals surface area contributed by atoms with Crippen LogP contribution in [-0.4, -0.2) is 75.6 Å². The molecule has 0 aromatic rings. The zero-order valence-corrected chi connectivity index (χ0v) is 15.3. The van der Waals surface area contributed by atoms with Gasteiger partial charge in [-0.05, 0) is 19.9 Å². The van der Waals surface area contributed by atoms with Crippen molar-refractivity contribution in [2.45, 2.75) is 39.3 Å². The number of hydrogen-bond acceptors (Lipinski definition) is 6. The highest BCUT2D eigenvalue weighted by Gasteiger charge is 2.21. The van der Waals surface area contributed by atoms with Crippen LogP contribution in [0.3, 0.4) is 0 Å². The Hall–Kier alpha value is -1.22. The first kappa shape index (κ1) is 22.8. The summed E-state index contributed by atoms with van der Waals surface area (Å²) >= 11 is 0. The van der Waals surface area contributed by atoms with E-state index < -0.39 is 0 Å². The van der Waals surface area contributed by atoms with Gasteiger partial charge in [-0.2, -0.15) is 0 Å². The molecule has 0 heterocycles. The van der Waals surface area contributed by atoms with Crippen molar-refractivity contribution in [3.05, 3.63) is 0 Å². The summed E-state index contributed by atoms with van der Waals surface area (Å²) in [6.45, 7) is 7.08. The van der Waals surface area contributed by atoms with E-state index in [1.165, 1.54) is 0 Å². The minimum atomic E-state index is -0.280. The number of hydrogen-bond donors (Lipinski definition) is 4. The summed E-state index contributed by atoms with van der Waals surface area (Å²) in [5, 5.41) is 17.2. The number of amides is 2. The van der Waals surface area contributed by atoms with Gasteiger partial charge in [0.1, 0.15) is 6.61 Å². The van der Waals surface area contributed by atoms with Crippen molar-refractivity contribution in [3.8, 4) is 0 Å². The van der Waals surface area contributed by atoms with Crippen LogP contribution in [0.5, 0.6) is 0 Å². The van der Waals surface area contributed by atoms with Crippen LogP contribution >= 0.6 is 0 Å². The molecular weight excluding hydrogens is 314 g/mol. The van der Waals surface area contributed by atoms with Gasteiger partial charge in [-0.3, -0.25) is 9.59 Å². The van der Waals surface area contributed by atoms with E-state index in [2.05, 4.69) is 22.9 Å². The molecule has 4 N–H and O–H groups in total. The molecule has 2 amide bonds. The van der Waals surface area contributed by atoms with E-state index in [0.717, 1.165) is 6.42 Å². The van der Waals surface area contributed by atoms with Gasteiger partial charge in [-0.1, -0.05) is 20.3 Å². The van der Waals surface area contributed by atoms with Crippen molar-refractivity contribution in [2.75, 3.05) is 46.6 Å². The summed E-state index contributed by atoms with van der Waals surface area (Å²) in [4.78, 5) is 23.3. The van der Waals surface area contributed by atoms with Gasteiger partial charge in [0.25, 0.3) is 0 Å². The summed E-state index contributed by atoms with van der Waals surface area (Å²) in [6.07, 6.45) is 0.928. The maximum absolute atomic E-state index is 12.0. The molecule has 0 aliphatic rings. The normalized spacial score (nSPS) is 14.7. The number of ether oxygens (including phenoxy) is 2. The largest absolute Gasteiger partial charge is 0.394 e. The summed E-state index contributed by atoms with van der Waals surface area (Å²) in [7, 11) is 1.78. The number of likely N-dealkylation sites (N-methyl/N-ethyl adjacent to an activating group) is 1. The summed E-state index contributed by atoms with van der Waals surface area (Å²) in [5.74, 6) is -0.0302. The third-order valence-corrected chi connectivity index (χ3v) is 3.64. The van der Waals surface area contributed by atoms with E-state index in [4.69, 9.17) is 14.6 Å². The summed E-state index contributed by atoms with van der Waals surface area (Å²) < 4.78 is 10.5. The molecule has 0 saturated heterocycles. The van der Waals surface area contributed by atoms with Crippen LogP contribution in [0, 0.1) is 5.92 Å². The zero-order chi connectivity index (χ0) is 18.4. The smallest absolute Gasteiger partial charge is 0.246 e. The van der Waals surface area contributed by atoms with Gasteiger partial charge in [0.15, 0.2) is 0 Å². The Morgan fingerprint density at radius 3 is 2.38 bits per heavy atom. The molecule has 142 valence electrons. The molecule has 0 spiro atoms. The Morgan fingerprint density at radius 1 is 1.12 bits per heavy atom. The monoisotopic (exact) mass is 347 g/mol. The van der Waals surface area contributed by atoms with Crippen LogP contribution in [0.2, 0.25) is 0 Å². The quantitative estimate of drug-likeness (QED) is 0.308. The van der Waals surface area contributed by atoms with Gasteiger partial charge >= 0.3 is 0 Å². The second-order valence-electron chi connectivity index (χ2n) is 5.76. The molecule has 0 saturated carbocycles. The molecule has 3 atom stereocenters. The van der Waals surface area contributed by atoms with E-state index in [0.29, 0.717) is 26.4 Å². The maximum atomic E-state index is 12.0. The van der Waals surface area contributed by atoms with Crippen molar-refractivity contribution in [3.63, 3.8) is 0 Å². The Morgan fingerprint density at radius 2 is 1.79 bits per heavy atom. The van der Waals surface area contributed by atoms with Crippen LogP contribution in [0.4, 0.5) is 0 Å². The third kappa shape index (κ3) is 10.5. The van der Waals surface area contributed by atoms with E-state index in [9.17, 15) is 9.59 Å². The van der Waals surface area contributed by atoms with Crippen molar-refractivity contribution in [1.29, 1.82) is 0 Å². The number of carbonyl (C=O) groups is 2. The fraction of sp³-hybridized carbons (Fsp3) is 0.875. The average molecular weight is 347 g/mol. The molecule has 3 unspecified atom stereocenters. The Kier molecular flexibility index (Phi) is 13.4. The fourth-order valence-corrected chi connectivity index (χ4v) is 2.01. The van der Waals surface area contributed by atoms with Crippen LogP contribution in [-0.2, 0) is 19.1 Å².